The van der Waals surface area contributed by atoms with E-state index in [1.165, 1.54) is 13.2 Å². The maximum absolute atomic E-state index is 12.7. The summed E-state index contributed by atoms with van der Waals surface area (Å²) in [6.07, 6.45) is 2.21. The fourth-order valence-electron chi connectivity index (χ4n) is 3.34. The smallest absolute Gasteiger partial charge is 0.349 e. The van der Waals surface area contributed by atoms with Crippen LogP contribution < -0.4 is 9.62 Å². The highest BCUT2D eigenvalue weighted by molar-refractivity contribution is 7.89. The van der Waals surface area contributed by atoms with Crippen molar-refractivity contribution in [2.75, 3.05) is 25.1 Å². The van der Waals surface area contributed by atoms with Crippen LogP contribution >= 0.6 is 11.3 Å². The third kappa shape index (κ3) is 3.96. The highest BCUT2D eigenvalue weighted by Gasteiger charge is 2.25. The van der Waals surface area contributed by atoms with Gasteiger partial charge in [0.1, 0.15) is 21.4 Å². The quantitative estimate of drug-likeness (QED) is 0.597. The van der Waals surface area contributed by atoms with Crippen molar-refractivity contribution in [1.82, 2.24) is 14.7 Å². The SMILES string of the molecule is COC(=O)c1sccc1S(=O)(=O)NCc1nc(N2CCCC2)c2ccccc2n1. The van der Waals surface area contributed by atoms with Crippen molar-refractivity contribution in [3.8, 4) is 0 Å². The van der Waals surface area contributed by atoms with E-state index in [-0.39, 0.29) is 16.3 Å². The van der Waals surface area contributed by atoms with Gasteiger partial charge in [0.15, 0.2) is 0 Å². The minimum atomic E-state index is -3.92. The molecule has 1 aliphatic rings. The van der Waals surface area contributed by atoms with E-state index in [2.05, 4.69) is 24.3 Å². The number of sulfonamides is 1. The molecule has 0 saturated carbocycles. The average Bonchev–Trinajstić information content (AvgIpc) is 3.43. The van der Waals surface area contributed by atoms with E-state index in [0.717, 1.165) is 54.0 Å². The number of nitrogens with one attached hydrogen (secondary N) is 1. The lowest BCUT2D eigenvalue weighted by Gasteiger charge is -2.19. The molecule has 0 radical (unpaired) electrons. The molecule has 0 amide bonds. The van der Waals surface area contributed by atoms with Gasteiger partial charge in [0.2, 0.25) is 10.0 Å². The summed E-state index contributed by atoms with van der Waals surface area (Å²) < 4.78 is 32.6. The summed E-state index contributed by atoms with van der Waals surface area (Å²) in [6.45, 7) is 1.76. The summed E-state index contributed by atoms with van der Waals surface area (Å²) in [4.78, 5) is 23.1. The van der Waals surface area contributed by atoms with Crippen LogP contribution in [-0.2, 0) is 21.3 Å². The first-order valence-corrected chi connectivity index (χ1v) is 11.5. The molecule has 0 aliphatic carbocycles. The molecule has 10 heteroatoms. The van der Waals surface area contributed by atoms with Gasteiger partial charge < -0.3 is 9.64 Å². The number of aromatic nitrogens is 2. The van der Waals surface area contributed by atoms with Crippen LogP contribution in [0, 0.1) is 0 Å². The molecular formula is C19H20N4O4S2. The number of benzene rings is 1. The van der Waals surface area contributed by atoms with Crippen LogP contribution in [0.25, 0.3) is 10.9 Å². The van der Waals surface area contributed by atoms with E-state index in [9.17, 15) is 13.2 Å². The van der Waals surface area contributed by atoms with Crippen molar-refractivity contribution in [3.63, 3.8) is 0 Å². The van der Waals surface area contributed by atoms with Crippen molar-refractivity contribution in [1.29, 1.82) is 0 Å². The Bertz CT molecular complexity index is 1150. The lowest BCUT2D eigenvalue weighted by atomic mass is 10.2. The topological polar surface area (TPSA) is 101 Å². The summed E-state index contributed by atoms with van der Waals surface area (Å²) >= 11 is 1.02. The number of hydrogen-bond donors (Lipinski definition) is 1. The van der Waals surface area contributed by atoms with E-state index in [4.69, 9.17) is 0 Å². The molecule has 29 heavy (non-hydrogen) atoms. The van der Waals surface area contributed by atoms with Crippen molar-refractivity contribution >= 4 is 44.1 Å². The monoisotopic (exact) mass is 432 g/mol. The van der Waals surface area contributed by atoms with Crippen LogP contribution in [0.5, 0.6) is 0 Å². The van der Waals surface area contributed by atoms with Gasteiger partial charge in [-0.1, -0.05) is 12.1 Å². The van der Waals surface area contributed by atoms with Gasteiger partial charge in [-0.25, -0.2) is 27.9 Å². The van der Waals surface area contributed by atoms with Gasteiger partial charge in [0.05, 0.1) is 19.2 Å². The van der Waals surface area contributed by atoms with Gasteiger partial charge in [-0.2, -0.15) is 0 Å². The second-order valence-electron chi connectivity index (χ2n) is 6.60. The molecule has 1 N–H and O–H groups in total. The zero-order chi connectivity index (χ0) is 20.4. The number of para-hydroxylation sites is 1. The first-order valence-electron chi connectivity index (χ1n) is 9.15. The highest BCUT2D eigenvalue weighted by Crippen LogP contribution is 2.27. The molecule has 1 aromatic carbocycles. The normalized spacial score (nSPS) is 14.4. The van der Waals surface area contributed by atoms with Crippen molar-refractivity contribution in [2.24, 2.45) is 0 Å². The Labute approximate surface area is 172 Å². The number of anilines is 1. The Kier molecular flexibility index (Phi) is 5.48. The van der Waals surface area contributed by atoms with Gasteiger partial charge in [-0.15, -0.1) is 11.3 Å². The van der Waals surface area contributed by atoms with Crippen molar-refractivity contribution < 1.29 is 17.9 Å². The minimum Gasteiger partial charge on any atom is -0.465 e. The number of esters is 1. The van der Waals surface area contributed by atoms with Gasteiger partial charge in [0, 0.05) is 18.5 Å². The number of carbonyl (C=O) groups is 1. The van der Waals surface area contributed by atoms with Crippen molar-refractivity contribution in [2.45, 2.75) is 24.3 Å². The predicted molar refractivity (Wildman–Crippen MR) is 111 cm³/mol. The molecule has 3 heterocycles. The number of fused-ring (bicyclic) bond motifs is 1. The number of hydrogen-bond acceptors (Lipinski definition) is 8. The molecule has 2 aromatic heterocycles. The predicted octanol–water partition coefficient (Wildman–Crippen LogP) is 2.56. The second kappa shape index (κ2) is 8.05. The molecule has 152 valence electrons. The Hall–Kier alpha value is -2.56. The molecule has 4 rings (SSSR count). The molecule has 1 aliphatic heterocycles. The summed E-state index contributed by atoms with van der Waals surface area (Å²) in [5, 5.41) is 2.49. The Balaban J connectivity index is 1.63. The van der Waals surface area contributed by atoms with Crippen LogP contribution in [0.3, 0.4) is 0 Å². The summed E-state index contributed by atoms with van der Waals surface area (Å²) in [6, 6.07) is 9.09. The van der Waals surface area contributed by atoms with Gasteiger partial charge in [-0.3, -0.25) is 0 Å². The molecular weight excluding hydrogens is 412 g/mol. The molecule has 8 nitrogen and oxygen atoms in total. The van der Waals surface area contributed by atoms with E-state index >= 15 is 0 Å². The largest absolute Gasteiger partial charge is 0.465 e. The first kappa shape index (κ1) is 19.7. The fourth-order valence-corrected chi connectivity index (χ4v) is 5.66. The number of rotatable bonds is 6. The molecule has 3 aromatic rings. The van der Waals surface area contributed by atoms with E-state index < -0.39 is 16.0 Å². The molecule has 0 spiro atoms. The maximum Gasteiger partial charge on any atom is 0.349 e. The van der Waals surface area contributed by atoms with Crippen LogP contribution in [0.2, 0.25) is 0 Å². The number of nitrogens with zero attached hydrogens (tertiary/aromatic N) is 3. The van der Waals surface area contributed by atoms with Crippen molar-refractivity contribution in [3.05, 3.63) is 46.4 Å². The Morgan fingerprint density at radius 1 is 1.21 bits per heavy atom. The highest BCUT2D eigenvalue weighted by atomic mass is 32.2. The number of carbonyl (C=O) groups excluding carboxylic acids is 1. The summed E-state index contributed by atoms with van der Waals surface area (Å²) in [5.41, 5.74) is 0.768. The van der Waals surface area contributed by atoms with Crippen LogP contribution in [-0.4, -0.2) is 44.6 Å². The molecule has 0 unspecified atom stereocenters. The first-order chi connectivity index (χ1) is 14.0. The van der Waals surface area contributed by atoms with Gasteiger partial charge in [0.25, 0.3) is 0 Å². The van der Waals surface area contributed by atoms with E-state index in [1.807, 2.05) is 24.3 Å². The van der Waals surface area contributed by atoms with Crippen LogP contribution in [0.1, 0.15) is 28.3 Å². The standard InChI is InChI=1S/C19H20N4O4S2/c1-27-19(24)17-15(8-11-28-17)29(25,26)20-12-16-21-14-7-3-2-6-13(14)18(22-16)23-9-4-5-10-23/h2-3,6-8,11,20H,4-5,9-10,12H2,1H3. The molecule has 1 fully saturated rings. The number of ether oxygens (including phenoxy) is 1. The fraction of sp³-hybridized carbons (Fsp3) is 0.316. The van der Waals surface area contributed by atoms with Crippen LogP contribution in [0.15, 0.2) is 40.6 Å². The lowest BCUT2D eigenvalue weighted by molar-refractivity contribution is 0.0602. The van der Waals surface area contributed by atoms with Crippen LogP contribution in [0.4, 0.5) is 5.82 Å². The number of methoxy groups -OCH3 is 1. The maximum atomic E-state index is 12.7. The zero-order valence-corrected chi connectivity index (χ0v) is 17.4. The summed E-state index contributed by atoms with van der Waals surface area (Å²) in [7, 11) is -2.70. The van der Waals surface area contributed by atoms with Gasteiger partial charge in [-0.05, 0) is 36.4 Å². The Morgan fingerprint density at radius 2 is 1.97 bits per heavy atom. The molecule has 1 saturated heterocycles. The number of thiophene rings is 1. The molecule has 0 bridgehead atoms. The van der Waals surface area contributed by atoms with Gasteiger partial charge >= 0.3 is 5.97 Å². The molecule has 0 atom stereocenters. The average molecular weight is 433 g/mol. The Morgan fingerprint density at radius 3 is 2.72 bits per heavy atom. The third-order valence-electron chi connectivity index (χ3n) is 4.74. The minimum absolute atomic E-state index is 0.0391. The lowest BCUT2D eigenvalue weighted by Crippen LogP contribution is -2.26. The van der Waals surface area contributed by atoms with E-state index in [0.29, 0.717) is 5.82 Å². The third-order valence-corrected chi connectivity index (χ3v) is 7.21. The zero-order valence-electron chi connectivity index (χ0n) is 15.8. The summed E-state index contributed by atoms with van der Waals surface area (Å²) in [5.74, 6) is 0.524. The second-order valence-corrected chi connectivity index (χ2v) is 9.26. The van der Waals surface area contributed by atoms with E-state index in [1.54, 1.807) is 5.38 Å².